The van der Waals surface area contributed by atoms with Crippen molar-refractivity contribution in [1.82, 2.24) is 20.2 Å². The number of hydrogen-bond donors (Lipinski definition) is 1. The minimum absolute atomic E-state index is 0.0438. The molecule has 7 nitrogen and oxygen atoms in total. The van der Waals surface area contributed by atoms with Crippen molar-refractivity contribution in [1.29, 1.82) is 0 Å². The van der Waals surface area contributed by atoms with E-state index in [0.717, 1.165) is 5.56 Å². The first kappa shape index (κ1) is 15.2. The van der Waals surface area contributed by atoms with E-state index in [1.807, 2.05) is 6.07 Å². The fraction of sp³-hybridized carbons (Fsp3) is 0.500. The van der Waals surface area contributed by atoms with Crippen LogP contribution in [0.2, 0.25) is 0 Å². The summed E-state index contributed by atoms with van der Waals surface area (Å²) in [4.78, 5) is 0. The van der Waals surface area contributed by atoms with Crippen LogP contribution >= 0.6 is 0 Å². The van der Waals surface area contributed by atoms with Crippen molar-refractivity contribution < 1.29 is 9.47 Å². The number of rotatable bonds is 6. The van der Waals surface area contributed by atoms with Gasteiger partial charge in [0.1, 0.15) is 5.75 Å². The zero-order chi connectivity index (χ0) is 15.4. The lowest BCUT2D eigenvalue weighted by Crippen LogP contribution is -2.22. The first-order valence-electron chi connectivity index (χ1n) is 6.79. The molecule has 2 N–H and O–H groups in total. The lowest BCUT2D eigenvalue weighted by atomic mass is 10.0. The summed E-state index contributed by atoms with van der Waals surface area (Å²) in [5.74, 6) is 1.61. The number of anilines is 1. The van der Waals surface area contributed by atoms with Crippen LogP contribution in [0.15, 0.2) is 18.2 Å². The van der Waals surface area contributed by atoms with Crippen molar-refractivity contribution in [3.63, 3.8) is 0 Å². The van der Waals surface area contributed by atoms with Gasteiger partial charge in [-0.2, -0.15) is 0 Å². The van der Waals surface area contributed by atoms with Gasteiger partial charge in [0.2, 0.25) is 0 Å². The molecule has 114 valence electrons. The Hall–Kier alpha value is -2.15. The maximum Gasteiger partial charge on any atom is 0.186 e. The predicted molar refractivity (Wildman–Crippen MR) is 80.0 cm³/mol. The van der Waals surface area contributed by atoms with E-state index in [-0.39, 0.29) is 6.04 Å². The topological polar surface area (TPSA) is 88.1 Å². The largest absolute Gasteiger partial charge is 0.496 e. The van der Waals surface area contributed by atoms with Gasteiger partial charge in [0.25, 0.3) is 0 Å². The molecule has 1 aromatic carbocycles. The number of nitrogen functional groups attached to an aromatic ring is 1. The molecule has 0 aliphatic heterocycles. The summed E-state index contributed by atoms with van der Waals surface area (Å²) in [6.07, 6.45) is 0. The van der Waals surface area contributed by atoms with Crippen LogP contribution in [0.4, 0.5) is 5.69 Å². The van der Waals surface area contributed by atoms with E-state index in [9.17, 15) is 0 Å². The molecule has 1 aromatic heterocycles. The number of methoxy groups -OCH3 is 2. The molecule has 0 fully saturated rings. The molecular formula is C14H21N5O2. The molecule has 0 saturated carbocycles. The molecule has 0 aliphatic rings. The van der Waals surface area contributed by atoms with Crippen LogP contribution in [0.5, 0.6) is 5.75 Å². The Morgan fingerprint density at radius 2 is 2.05 bits per heavy atom. The fourth-order valence-electron chi connectivity index (χ4n) is 2.20. The molecule has 0 aliphatic carbocycles. The smallest absolute Gasteiger partial charge is 0.186 e. The molecule has 21 heavy (non-hydrogen) atoms. The van der Waals surface area contributed by atoms with Gasteiger partial charge in [-0.3, -0.25) is 0 Å². The fourth-order valence-corrected chi connectivity index (χ4v) is 2.20. The van der Waals surface area contributed by atoms with E-state index < -0.39 is 0 Å². The Balaban J connectivity index is 2.49. The molecule has 1 heterocycles. The van der Waals surface area contributed by atoms with Gasteiger partial charge in [0, 0.05) is 18.9 Å². The van der Waals surface area contributed by atoms with Gasteiger partial charge in [0.05, 0.1) is 25.3 Å². The second-order valence-electron chi connectivity index (χ2n) is 5.17. The Kier molecular flexibility index (Phi) is 4.74. The Morgan fingerprint density at radius 3 is 2.67 bits per heavy atom. The molecule has 0 amide bonds. The first-order valence-corrected chi connectivity index (χ1v) is 6.79. The van der Waals surface area contributed by atoms with Gasteiger partial charge >= 0.3 is 0 Å². The summed E-state index contributed by atoms with van der Waals surface area (Å²) in [5, 5.41) is 12.1. The number of tetrazole rings is 1. The molecule has 0 bridgehead atoms. The molecule has 0 spiro atoms. The highest BCUT2D eigenvalue weighted by molar-refractivity contribution is 5.67. The second-order valence-corrected chi connectivity index (χ2v) is 5.17. The van der Waals surface area contributed by atoms with Crippen molar-refractivity contribution in [3.05, 3.63) is 18.2 Å². The number of nitrogens with zero attached hydrogens (tertiary/aromatic N) is 4. The maximum absolute atomic E-state index is 5.79. The third kappa shape index (κ3) is 3.13. The number of hydrogen-bond acceptors (Lipinski definition) is 6. The summed E-state index contributed by atoms with van der Waals surface area (Å²) in [7, 11) is 3.27. The Labute approximate surface area is 124 Å². The quantitative estimate of drug-likeness (QED) is 0.816. The van der Waals surface area contributed by atoms with Crippen LogP contribution in [0.3, 0.4) is 0 Å². The molecule has 7 heteroatoms. The van der Waals surface area contributed by atoms with Crippen molar-refractivity contribution in [2.75, 3.05) is 26.6 Å². The van der Waals surface area contributed by atoms with Gasteiger partial charge in [-0.1, -0.05) is 13.8 Å². The van der Waals surface area contributed by atoms with Crippen LogP contribution in [0, 0.1) is 5.92 Å². The Bertz CT molecular complexity index is 597. The number of ether oxygens (including phenoxy) is 2. The molecular weight excluding hydrogens is 270 g/mol. The second kappa shape index (κ2) is 6.53. The third-order valence-electron chi connectivity index (χ3n) is 3.38. The van der Waals surface area contributed by atoms with Crippen molar-refractivity contribution in [3.8, 4) is 17.1 Å². The molecule has 1 atom stereocenters. The Morgan fingerprint density at radius 1 is 1.29 bits per heavy atom. The van der Waals surface area contributed by atoms with Crippen LogP contribution in [0.25, 0.3) is 11.4 Å². The maximum atomic E-state index is 5.79. The summed E-state index contributed by atoms with van der Waals surface area (Å²) in [6, 6.07) is 5.47. The normalized spacial score (nSPS) is 12.6. The summed E-state index contributed by atoms with van der Waals surface area (Å²) < 4.78 is 12.5. The van der Waals surface area contributed by atoms with Crippen LogP contribution in [-0.2, 0) is 4.74 Å². The lowest BCUT2D eigenvalue weighted by Gasteiger charge is -2.21. The molecule has 0 radical (unpaired) electrons. The first-order chi connectivity index (χ1) is 10.1. The molecule has 0 saturated heterocycles. The average Bonchev–Trinajstić information content (AvgIpc) is 2.93. The number of benzene rings is 1. The van der Waals surface area contributed by atoms with E-state index in [0.29, 0.717) is 29.8 Å². The monoisotopic (exact) mass is 291 g/mol. The van der Waals surface area contributed by atoms with E-state index in [1.54, 1.807) is 31.0 Å². The zero-order valence-electron chi connectivity index (χ0n) is 12.8. The molecule has 1 unspecified atom stereocenters. The summed E-state index contributed by atoms with van der Waals surface area (Å²) in [5.41, 5.74) is 7.23. The van der Waals surface area contributed by atoms with Gasteiger partial charge in [-0.25, -0.2) is 4.68 Å². The van der Waals surface area contributed by atoms with Crippen molar-refractivity contribution in [2.45, 2.75) is 19.9 Å². The van der Waals surface area contributed by atoms with Crippen LogP contribution < -0.4 is 10.5 Å². The summed E-state index contributed by atoms with van der Waals surface area (Å²) in [6.45, 7) is 4.75. The van der Waals surface area contributed by atoms with Crippen molar-refractivity contribution >= 4 is 5.69 Å². The van der Waals surface area contributed by atoms with Crippen LogP contribution in [-0.4, -0.2) is 41.0 Å². The standard InChI is InChI=1S/C14H21N5O2/c1-9(2)12(8-20-3)19-14(16-17-18-19)11-6-5-10(15)7-13(11)21-4/h5-7,9,12H,8,15H2,1-4H3. The molecule has 2 rings (SSSR count). The van der Waals surface area contributed by atoms with E-state index in [2.05, 4.69) is 29.4 Å². The SMILES string of the molecule is COCC(C(C)C)n1nnnc1-c1ccc(N)cc1OC. The highest BCUT2D eigenvalue weighted by Gasteiger charge is 2.23. The van der Waals surface area contributed by atoms with Crippen molar-refractivity contribution in [2.24, 2.45) is 5.92 Å². The molecule has 2 aromatic rings. The van der Waals surface area contributed by atoms with E-state index in [4.69, 9.17) is 15.2 Å². The van der Waals surface area contributed by atoms with E-state index in [1.165, 1.54) is 0 Å². The minimum Gasteiger partial charge on any atom is -0.496 e. The number of aromatic nitrogens is 4. The van der Waals surface area contributed by atoms with E-state index >= 15 is 0 Å². The number of nitrogens with two attached hydrogens (primary N) is 1. The highest BCUT2D eigenvalue weighted by atomic mass is 16.5. The minimum atomic E-state index is 0.0438. The highest BCUT2D eigenvalue weighted by Crippen LogP contribution is 2.32. The lowest BCUT2D eigenvalue weighted by molar-refractivity contribution is 0.126. The average molecular weight is 291 g/mol. The van der Waals surface area contributed by atoms with Gasteiger partial charge in [0.15, 0.2) is 5.82 Å². The van der Waals surface area contributed by atoms with Gasteiger partial charge in [-0.05, 0) is 28.5 Å². The predicted octanol–water partition coefficient (Wildman–Crippen LogP) is 1.77. The summed E-state index contributed by atoms with van der Waals surface area (Å²) >= 11 is 0. The third-order valence-corrected chi connectivity index (χ3v) is 3.38. The van der Waals surface area contributed by atoms with Gasteiger partial charge in [-0.15, -0.1) is 5.10 Å². The zero-order valence-corrected chi connectivity index (χ0v) is 12.8. The van der Waals surface area contributed by atoms with Gasteiger partial charge < -0.3 is 15.2 Å². The van der Waals surface area contributed by atoms with Crippen LogP contribution in [0.1, 0.15) is 19.9 Å².